The first-order valence-corrected chi connectivity index (χ1v) is 7.07. The van der Waals surface area contributed by atoms with E-state index in [0.717, 1.165) is 15.9 Å². The Morgan fingerprint density at radius 3 is 2.12 bits per heavy atom. The van der Waals surface area contributed by atoms with E-state index in [1.54, 1.807) is 31.4 Å². The van der Waals surface area contributed by atoms with E-state index in [1.807, 2.05) is 0 Å². The van der Waals surface area contributed by atoms with Gasteiger partial charge in [0.2, 0.25) is 0 Å². The molecule has 1 aromatic rings. The Morgan fingerprint density at radius 1 is 1.08 bits per heavy atom. The van der Waals surface area contributed by atoms with Crippen molar-refractivity contribution in [3.05, 3.63) is 36.5 Å². The van der Waals surface area contributed by atoms with Crippen molar-refractivity contribution in [1.29, 1.82) is 0 Å². The molecule has 0 unspecified atom stereocenters. The summed E-state index contributed by atoms with van der Waals surface area (Å²) < 4.78 is 5.03. The molecular formula is C16H17N3O5. The molecule has 0 spiro atoms. The number of carbonyl (C=O) groups excluding carboxylic acids is 4. The first kappa shape index (κ1) is 17.2. The van der Waals surface area contributed by atoms with Crippen LogP contribution in [0.4, 0.5) is 10.5 Å². The number of amides is 4. The Balaban J connectivity index is 2.06. The van der Waals surface area contributed by atoms with Gasteiger partial charge in [0, 0.05) is 26.0 Å². The molecule has 0 bridgehead atoms. The van der Waals surface area contributed by atoms with Crippen LogP contribution in [0.3, 0.4) is 0 Å². The Kier molecular flexibility index (Phi) is 4.98. The van der Waals surface area contributed by atoms with Crippen LogP contribution in [-0.4, -0.2) is 54.6 Å². The van der Waals surface area contributed by atoms with Crippen molar-refractivity contribution >= 4 is 29.3 Å². The quantitative estimate of drug-likeness (QED) is 0.635. The lowest BCUT2D eigenvalue weighted by Crippen LogP contribution is -2.58. The molecule has 1 fully saturated rings. The summed E-state index contributed by atoms with van der Waals surface area (Å²) in [7, 11) is 4.01. The number of ether oxygens (including phenoxy) is 1. The lowest BCUT2D eigenvalue weighted by Gasteiger charge is -2.31. The first-order chi connectivity index (χ1) is 11.4. The minimum atomic E-state index is -1.54. The molecule has 1 heterocycles. The van der Waals surface area contributed by atoms with E-state index < -0.39 is 29.5 Å². The second-order valence-electron chi connectivity index (χ2n) is 5.12. The van der Waals surface area contributed by atoms with Gasteiger partial charge in [-0.1, -0.05) is 0 Å². The van der Waals surface area contributed by atoms with Crippen molar-refractivity contribution in [3.63, 3.8) is 0 Å². The molecule has 4 amide bonds. The van der Waals surface area contributed by atoms with Crippen molar-refractivity contribution in [2.75, 3.05) is 26.5 Å². The van der Waals surface area contributed by atoms with Crippen LogP contribution in [0.5, 0.6) is 5.75 Å². The number of nitrogens with one attached hydrogen (secondary N) is 1. The SMILES string of the molecule is COc1ccc(N/C=C/C(=O)C2C(=O)N(C)C(=O)N(C)C2=O)cc1. The number of hydrogen-bond donors (Lipinski definition) is 1. The van der Waals surface area contributed by atoms with Gasteiger partial charge in [0.15, 0.2) is 11.7 Å². The molecule has 1 aromatic carbocycles. The topological polar surface area (TPSA) is 96.0 Å². The van der Waals surface area contributed by atoms with E-state index in [1.165, 1.54) is 20.3 Å². The summed E-state index contributed by atoms with van der Waals surface area (Å²) in [6.07, 6.45) is 2.43. The molecule has 0 aliphatic carbocycles. The highest BCUT2D eigenvalue weighted by Gasteiger charge is 2.45. The molecule has 8 heteroatoms. The molecule has 2 rings (SSSR count). The number of allylic oxidation sites excluding steroid dienone is 1. The predicted octanol–water partition coefficient (Wildman–Crippen LogP) is 0.856. The number of benzene rings is 1. The van der Waals surface area contributed by atoms with Crippen LogP contribution in [0.1, 0.15) is 0 Å². The Labute approximate surface area is 138 Å². The number of hydrogen-bond acceptors (Lipinski definition) is 6. The molecule has 0 radical (unpaired) electrons. The highest BCUT2D eigenvalue weighted by atomic mass is 16.5. The van der Waals surface area contributed by atoms with E-state index >= 15 is 0 Å². The summed E-state index contributed by atoms with van der Waals surface area (Å²) in [4.78, 5) is 49.3. The zero-order valence-corrected chi connectivity index (χ0v) is 13.5. The van der Waals surface area contributed by atoms with Crippen LogP contribution in [0, 0.1) is 5.92 Å². The van der Waals surface area contributed by atoms with Gasteiger partial charge in [0.25, 0.3) is 11.8 Å². The highest BCUT2D eigenvalue weighted by Crippen LogP contribution is 2.17. The van der Waals surface area contributed by atoms with Crippen molar-refractivity contribution in [2.45, 2.75) is 0 Å². The Bertz CT molecular complexity index is 687. The van der Waals surface area contributed by atoms with Gasteiger partial charge < -0.3 is 10.1 Å². The van der Waals surface area contributed by atoms with Crippen molar-refractivity contribution < 1.29 is 23.9 Å². The van der Waals surface area contributed by atoms with Gasteiger partial charge in [-0.2, -0.15) is 0 Å². The van der Waals surface area contributed by atoms with Gasteiger partial charge in [-0.25, -0.2) is 4.79 Å². The molecule has 0 aromatic heterocycles. The van der Waals surface area contributed by atoms with Crippen molar-refractivity contribution in [3.8, 4) is 5.75 Å². The number of nitrogens with zero attached hydrogens (tertiary/aromatic N) is 2. The standard InChI is InChI=1S/C16H17N3O5/c1-18-14(21)13(15(22)19(2)16(18)23)12(20)8-9-17-10-4-6-11(24-3)7-5-10/h4-9,13,17H,1-3H3/b9-8+. The van der Waals surface area contributed by atoms with Crippen LogP contribution >= 0.6 is 0 Å². The first-order valence-electron chi connectivity index (χ1n) is 7.07. The van der Waals surface area contributed by atoms with Gasteiger partial charge in [-0.3, -0.25) is 24.2 Å². The molecule has 8 nitrogen and oxygen atoms in total. The van der Waals surface area contributed by atoms with Crippen LogP contribution in [-0.2, 0) is 14.4 Å². The molecule has 1 saturated heterocycles. The fourth-order valence-corrected chi connectivity index (χ4v) is 2.15. The van der Waals surface area contributed by atoms with E-state index in [2.05, 4.69) is 5.32 Å². The van der Waals surface area contributed by atoms with Crippen LogP contribution < -0.4 is 10.1 Å². The summed E-state index contributed by atoms with van der Waals surface area (Å²) >= 11 is 0. The van der Waals surface area contributed by atoms with Gasteiger partial charge in [-0.05, 0) is 30.3 Å². The molecule has 1 aliphatic rings. The predicted molar refractivity (Wildman–Crippen MR) is 85.2 cm³/mol. The summed E-state index contributed by atoms with van der Waals surface area (Å²) in [6.45, 7) is 0. The molecule has 126 valence electrons. The fourth-order valence-electron chi connectivity index (χ4n) is 2.15. The van der Waals surface area contributed by atoms with Gasteiger partial charge >= 0.3 is 6.03 Å². The maximum absolute atomic E-state index is 12.2. The summed E-state index contributed by atoms with van der Waals surface area (Å²) in [6, 6.07) is 6.20. The maximum atomic E-state index is 12.2. The third-order valence-corrected chi connectivity index (χ3v) is 3.60. The van der Waals surface area contributed by atoms with E-state index in [4.69, 9.17) is 4.74 Å². The maximum Gasteiger partial charge on any atom is 0.332 e. The number of barbiturate groups is 1. The minimum absolute atomic E-state index is 0.690. The third-order valence-electron chi connectivity index (χ3n) is 3.60. The van der Waals surface area contributed by atoms with E-state index in [-0.39, 0.29) is 0 Å². The number of carbonyl (C=O) groups is 4. The number of rotatable bonds is 5. The van der Waals surface area contributed by atoms with Crippen LogP contribution in [0.25, 0.3) is 0 Å². The van der Waals surface area contributed by atoms with Crippen LogP contribution in [0.2, 0.25) is 0 Å². The number of anilines is 1. The summed E-state index contributed by atoms with van der Waals surface area (Å²) in [5.41, 5.74) is 0.700. The van der Waals surface area contributed by atoms with Crippen LogP contribution in [0.15, 0.2) is 36.5 Å². The number of imide groups is 2. The Hall–Kier alpha value is -3.16. The monoisotopic (exact) mass is 331 g/mol. The summed E-state index contributed by atoms with van der Waals surface area (Å²) in [5.74, 6) is -3.21. The summed E-state index contributed by atoms with van der Waals surface area (Å²) in [5, 5.41) is 2.85. The third kappa shape index (κ3) is 3.27. The molecule has 0 atom stereocenters. The average molecular weight is 331 g/mol. The van der Waals surface area contributed by atoms with E-state index in [0.29, 0.717) is 11.4 Å². The van der Waals surface area contributed by atoms with Gasteiger partial charge in [0.1, 0.15) is 5.75 Å². The van der Waals surface area contributed by atoms with Gasteiger partial charge in [-0.15, -0.1) is 0 Å². The zero-order valence-electron chi connectivity index (χ0n) is 13.5. The molecule has 24 heavy (non-hydrogen) atoms. The fraction of sp³-hybridized carbons (Fsp3) is 0.250. The lowest BCUT2D eigenvalue weighted by atomic mass is 9.99. The van der Waals surface area contributed by atoms with E-state index in [9.17, 15) is 19.2 Å². The normalized spacial score (nSPS) is 16.0. The molecular weight excluding hydrogens is 314 g/mol. The minimum Gasteiger partial charge on any atom is -0.497 e. The zero-order chi connectivity index (χ0) is 17.9. The Morgan fingerprint density at radius 2 is 1.62 bits per heavy atom. The number of ketones is 1. The number of urea groups is 1. The second kappa shape index (κ2) is 6.95. The average Bonchev–Trinajstić information content (AvgIpc) is 2.59. The van der Waals surface area contributed by atoms with Crippen molar-refractivity contribution in [1.82, 2.24) is 9.80 Å². The van der Waals surface area contributed by atoms with Gasteiger partial charge in [0.05, 0.1) is 7.11 Å². The molecule has 0 saturated carbocycles. The largest absolute Gasteiger partial charge is 0.497 e. The molecule has 1 aliphatic heterocycles. The lowest BCUT2D eigenvalue weighted by molar-refractivity contribution is -0.150. The highest BCUT2D eigenvalue weighted by molar-refractivity contribution is 6.28. The molecule has 1 N–H and O–H groups in total. The smallest absolute Gasteiger partial charge is 0.332 e. The van der Waals surface area contributed by atoms with Crippen molar-refractivity contribution in [2.24, 2.45) is 5.92 Å². The second-order valence-corrected chi connectivity index (χ2v) is 5.12. The number of methoxy groups -OCH3 is 1.